The van der Waals surface area contributed by atoms with Crippen LogP contribution in [0, 0.1) is 5.92 Å². The minimum Gasteiger partial charge on any atom is -0.385 e. The van der Waals surface area contributed by atoms with Gasteiger partial charge in [0, 0.05) is 20.1 Å². The minimum absolute atomic E-state index is 0.104. The van der Waals surface area contributed by atoms with Crippen LogP contribution in [-0.4, -0.2) is 60.5 Å². The lowest BCUT2D eigenvalue weighted by Crippen LogP contribution is -2.43. The van der Waals surface area contributed by atoms with Crippen LogP contribution in [0.5, 0.6) is 0 Å². The zero-order valence-electron chi connectivity index (χ0n) is 15.8. The van der Waals surface area contributed by atoms with Crippen molar-refractivity contribution < 1.29 is 18.0 Å². The molecular weight excluding hydrogens is 370 g/mol. The Labute approximate surface area is 158 Å². The first kappa shape index (κ1) is 19.6. The van der Waals surface area contributed by atoms with Gasteiger partial charge in [-0.25, -0.2) is 12.7 Å². The Kier molecular flexibility index (Phi) is 5.66. The molecule has 0 bridgehead atoms. The number of carbonyl (C=O) groups excluding carboxylic acids is 1. The Hall–Kier alpha value is -2.20. The summed E-state index contributed by atoms with van der Waals surface area (Å²) in [6.07, 6.45) is 4.41. The lowest BCUT2D eigenvalue weighted by atomic mass is 9.86. The van der Waals surface area contributed by atoms with Gasteiger partial charge in [-0.15, -0.1) is 5.10 Å². The summed E-state index contributed by atoms with van der Waals surface area (Å²) in [5.74, 6) is 0.225. The first-order chi connectivity index (χ1) is 12.8. The third kappa shape index (κ3) is 4.22. The highest BCUT2D eigenvalue weighted by Gasteiger charge is 2.23. The molecule has 2 aromatic rings. The van der Waals surface area contributed by atoms with Crippen molar-refractivity contribution in [1.29, 1.82) is 0 Å². The average molecular weight is 395 g/mol. The van der Waals surface area contributed by atoms with Crippen molar-refractivity contribution >= 4 is 27.0 Å². The maximum Gasteiger partial charge on any atom is 0.261 e. The number of fused-ring (bicyclic) bond motifs is 1. The smallest absolute Gasteiger partial charge is 0.261 e. The number of rotatable bonds is 6. The number of amides is 1. The lowest BCUT2D eigenvalue weighted by molar-refractivity contribution is -0.127. The third-order valence-corrected chi connectivity index (χ3v) is 6.75. The standard InChI is InChI=1S/C17H25N5O4S/c1-12-6-4-5-7-14(12)18-17(23)11-26-22-16-10-13(27(24,25)21(2)3)8-9-15(16)19-20-22/h8-10,12,14H,4-7,11H2,1-3H3,(H,18,23). The SMILES string of the molecule is CC1CCCCC1NC(=O)COn1nnc2ccc(S(=O)(=O)N(C)C)cc21. The van der Waals surface area contributed by atoms with Gasteiger partial charge in [-0.1, -0.05) is 24.6 Å². The van der Waals surface area contributed by atoms with Gasteiger partial charge in [-0.05, 0) is 42.2 Å². The number of carbonyl (C=O) groups is 1. The van der Waals surface area contributed by atoms with Gasteiger partial charge in [0.05, 0.1) is 4.90 Å². The molecule has 1 fully saturated rings. The van der Waals surface area contributed by atoms with E-state index in [9.17, 15) is 13.2 Å². The van der Waals surface area contributed by atoms with Crippen LogP contribution in [0.3, 0.4) is 0 Å². The van der Waals surface area contributed by atoms with Crippen LogP contribution in [-0.2, 0) is 14.8 Å². The first-order valence-corrected chi connectivity index (χ1v) is 10.4. The fourth-order valence-electron chi connectivity index (χ4n) is 3.24. The second-order valence-corrected chi connectivity index (χ2v) is 9.26. The normalized spacial score (nSPS) is 20.7. The molecule has 1 N–H and O–H groups in total. The van der Waals surface area contributed by atoms with Gasteiger partial charge in [-0.2, -0.15) is 0 Å². The van der Waals surface area contributed by atoms with Gasteiger partial charge in [-0.3, -0.25) is 4.79 Å². The minimum atomic E-state index is -3.59. The highest BCUT2D eigenvalue weighted by atomic mass is 32.2. The van der Waals surface area contributed by atoms with Gasteiger partial charge in [0.25, 0.3) is 5.91 Å². The van der Waals surface area contributed by atoms with Gasteiger partial charge >= 0.3 is 0 Å². The average Bonchev–Trinajstić information content (AvgIpc) is 3.04. The van der Waals surface area contributed by atoms with Gasteiger partial charge in [0.1, 0.15) is 11.0 Å². The fourth-order valence-corrected chi connectivity index (χ4v) is 4.17. The molecule has 0 aliphatic heterocycles. The van der Waals surface area contributed by atoms with Crippen LogP contribution in [0.15, 0.2) is 23.1 Å². The number of nitrogens with one attached hydrogen (secondary N) is 1. The third-order valence-electron chi connectivity index (χ3n) is 4.94. The molecule has 1 aromatic carbocycles. The molecule has 1 aliphatic rings. The summed E-state index contributed by atoms with van der Waals surface area (Å²) in [5.41, 5.74) is 0.866. The second-order valence-electron chi connectivity index (χ2n) is 7.11. The molecule has 0 radical (unpaired) electrons. The fraction of sp³-hybridized carbons (Fsp3) is 0.588. The van der Waals surface area contributed by atoms with Crippen molar-refractivity contribution in [2.24, 2.45) is 5.92 Å². The molecular formula is C17H25N5O4S. The predicted octanol–water partition coefficient (Wildman–Crippen LogP) is 0.805. The summed E-state index contributed by atoms with van der Waals surface area (Å²) in [6.45, 7) is 1.93. The van der Waals surface area contributed by atoms with E-state index in [2.05, 4.69) is 22.6 Å². The number of hydrogen-bond acceptors (Lipinski definition) is 6. The maximum absolute atomic E-state index is 12.3. The van der Waals surface area contributed by atoms with E-state index in [1.807, 2.05) is 0 Å². The van der Waals surface area contributed by atoms with E-state index in [0.717, 1.165) is 28.4 Å². The molecule has 0 spiro atoms. The molecule has 2 atom stereocenters. The Morgan fingerprint density at radius 2 is 2.07 bits per heavy atom. The predicted molar refractivity (Wildman–Crippen MR) is 99.4 cm³/mol. The van der Waals surface area contributed by atoms with Crippen LogP contribution in [0.25, 0.3) is 11.0 Å². The summed E-state index contributed by atoms with van der Waals surface area (Å²) in [5, 5.41) is 10.8. The van der Waals surface area contributed by atoms with E-state index in [-0.39, 0.29) is 23.5 Å². The van der Waals surface area contributed by atoms with E-state index in [1.165, 1.54) is 32.6 Å². The summed E-state index contributed by atoms with van der Waals surface area (Å²) < 4.78 is 25.7. The molecule has 1 aliphatic carbocycles. The number of benzene rings is 1. The molecule has 1 amide bonds. The molecule has 2 unspecified atom stereocenters. The van der Waals surface area contributed by atoms with Crippen LogP contribution in [0.2, 0.25) is 0 Å². The summed E-state index contributed by atoms with van der Waals surface area (Å²) in [6, 6.07) is 4.63. The van der Waals surface area contributed by atoms with Gasteiger partial charge < -0.3 is 10.2 Å². The molecule has 148 valence electrons. The number of aromatic nitrogens is 3. The van der Waals surface area contributed by atoms with E-state index >= 15 is 0 Å². The van der Waals surface area contributed by atoms with E-state index in [4.69, 9.17) is 4.84 Å². The quantitative estimate of drug-likeness (QED) is 0.776. The lowest BCUT2D eigenvalue weighted by Gasteiger charge is -2.29. The molecule has 9 nitrogen and oxygen atoms in total. The zero-order valence-corrected chi connectivity index (χ0v) is 16.6. The number of nitrogens with zero attached hydrogens (tertiary/aromatic N) is 4. The Balaban J connectivity index is 1.70. The molecule has 27 heavy (non-hydrogen) atoms. The topological polar surface area (TPSA) is 106 Å². The van der Waals surface area contributed by atoms with Crippen molar-refractivity contribution in [2.45, 2.75) is 43.5 Å². The van der Waals surface area contributed by atoms with Crippen LogP contribution >= 0.6 is 0 Å². The highest BCUT2D eigenvalue weighted by molar-refractivity contribution is 7.89. The van der Waals surface area contributed by atoms with Crippen molar-refractivity contribution in [2.75, 3.05) is 20.7 Å². The van der Waals surface area contributed by atoms with Gasteiger partial charge in [0.15, 0.2) is 6.61 Å². The van der Waals surface area contributed by atoms with Gasteiger partial charge in [0.2, 0.25) is 10.0 Å². The monoisotopic (exact) mass is 395 g/mol. The van der Waals surface area contributed by atoms with Crippen LogP contribution < -0.4 is 10.2 Å². The highest BCUT2D eigenvalue weighted by Crippen LogP contribution is 2.23. The van der Waals surface area contributed by atoms with Crippen molar-refractivity contribution in [1.82, 2.24) is 24.8 Å². The van der Waals surface area contributed by atoms with Crippen molar-refractivity contribution in [3.05, 3.63) is 18.2 Å². The van der Waals surface area contributed by atoms with Crippen LogP contribution in [0.4, 0.5) is 0 Å². The first-order valence-electron chi connectivity index (χ1n) is 8.99. The maximum atomic E-state index is 12.3. The van der Waals surface area contributed by atoms with Crippen LogP contribution in [0.1, 0.15) is 32.6 Å². The van der Waals surface area contributed by atoms with Crippen molar-refractivity contribution in [3.8, 4) is 0 Å². The van der Waals surface area contributed by atoms with E-state index in [1.54, 1.807) is 6.07 Å². The number of sulfonamides is 1. The molecule has 3 rings (SSSR count). The van der Waals surface area contributed by atoms with E-state index in [0.29, 0.717) is 17.0 Å². The molecule has 1 saturated carbocycles. The Bertz CT molecular complexity index is 925. The molecule has 10 heteroatoms. The molecule has 0 saturated heterocycles. The van der Waals surface area contributed by atoms with Crippen molar-refractivity contribution in [3.63, 3.8) is 0 Å². The second kappa shape index (κ2) is 7.81. The molecule has 1 aromatic heterocycles. The Morgan fingerprint density at radius 3 is 2.78 bits per heavy atom. The number of hydrogen-bond donors (Lipinski definition) is 1. The summed E-state index contributed by atoms with van der Waals surface area (Å²) in [7, 11) is -0.669. The Morgan fingerprint density at radius 1 is 1.33 bits per heavy atom. The summed E-state index contributed by atoms with van der Waals surface area (Å²) >= 11 is 0. The molecule has 1 heterocycles. The van der Waals surface area contributed by atoms with E-state index < -0.39 is 10.0 Å². The zero-order chi connectivity index (χ0) is 19.6. The largest absolute Gasteiger partial charge is 0.385 e. The summed E-state index contributed by atoms with van der Waals surface area (Å²) in [4.78, 5) is 18.8.